The van der Waals surface area contributed by atoms with Crippen LogP contribution in [0.5, 0.6) is 0 Å². The Balaban J connectivity index is 1.51. The molecular weight excluding hydrogens is 563 g/mol. The van der Waals surface area contributed by atoms with Crippen molar-refractivity contribution in [3.05, 3.63) is 106 Å². The normalized spacial score (nSPS) is 16.7. The quantitative estimate of drug-likeness (QED) is 0.207. The van der Waals surface area contributed by atoms with Gasteiger partial charge in [-0.3, -0.25) is 0 Å². The van der Waals surface area contributed by atoms with Crippen LogP contribution < -0.4 is 13.6 Å². The molecule has 1 unspecified atom stereocenters. The molecule has 0 saturated carbocycles. The van der Waals surface area contributed by atoms with Crippen LogP contribution in [0.3, 0.4) is 0 Å². The molecule has 0 bridgehead atoms. The molecule has 0 N–H and O–H groups in total. The zero-order valence-electron chi connectivity index (χ0n) is 20.5. The molecule has 0 fully saturated rings. The van der Waals surface area contributed by atoms with Crippen molar-refractivity contribution in [3.63, 3.8) is 0 Å². The Morgan fingerprint density at radius 3 is 2.26 bits per heavy atom. The van der Waals surface area contributed by atoms with Crippen molar-refractivity contribution in [3.8, 4) is 22.3 Å². The molecule has 1 aliphatic heterocycles. The number of benzene rings is 4. The molecule has 1 aliphatic carbocycles. The zero-order valence-corrected chi connectivity index (χ0v) is 25.9. The van der Waals surface area contributed by atoms with Crippen LogP contribution in [0.2, 0.25) is 0 Å². The van der Waals surface area contributed by atoms with E-state index >= 15 is 0 Å². The molecule has 4 aromatic carbocycles. The summed E-state index contributed by atoms with van der Waals surface area (Å²) in [5, 5.41) is 2.99. The zero-order chi connectivity index (χ0) is 24.5. The van der Waals surface area contributed by atoms with Crippen LogP contribution in [-0.4, -0.2) is 9.52 Å². The molecule has 0 radical (unpaired) electrons. The van der Waals surface area contributed by atoms with E-state index in [1.807, 2.05) is 0 Å². The molecule has 0 saturated heterocycles. The number of hydrogen-bond donors (Lipinski definition) is 0. The van der Waals surface area contributed by atoms with Gasteiger partial charge in [-0.2, -0.15) is 0 Å². The van der Waals surface area contributed by atoms with E-state index in [0.717, 1.165) is 0 Å². The van der Waals surface area contributed by atoms with Crippen LogP contribution in [0.1, 0.15) is 38.4 Å². The Kier molecular flexibility index (Phi) is 5.89. The number of fused-ring (bicyclic) bond motifs is 4. The molecule has 174 valence electrons. The Hall–Kier alpha value is -1.70. The summed E-state index contributed by atoms with van der Waals surface area (Å²) in [5.74, 6) is 0. The molecule has 2 aliphatic rings. The fraction of sp³-hybridized carbons (Fsp3) is 0.161. The van der Waals surface area contributed by atoms with Gasteiger partial charge in [0.05, 0.1) is 0 Å². The van der Waals surface area contributed by atoms with Crippen molar-refractivity contribution in [2.75, 3.05) is 0 Å². The van der Waals surface area contributed by atoms with Gasteiger partial charge in [0.1, 0.15) is 0 Å². The first-order valence-corrected chi connectivity index (χ1v) is 22.6. The maximum absolute atomic E-state index is 7.66. The first kappa shape index (κ1) is 23.7. The number of hydrogen-bond acceptors (Lipinski definition) is 0. The van der Waals surface area contributed by atoms with Crippen molar-refractivity contribution in [2.45, 2.75) is 31.3 Å². The summed E-state index contributed by atoms with van der Waals surface area (Å²) in [5.41, 5.74) is 13.2. The van der Waals surface area contributed by atoms with Crippen LogP contribution >= 0.6 is 17.0 Å². The van der Waals surface area contributed by atoms with Crippen molar-refractivity contribution in [1.82, 2.24) is 0 Å². The van der Waals surface area contributed by atoms with E-state index in [4.69, 9.17) is 17.0 Å². The molecule has 1 heterocycles. The third-order valence-corrected chi connectivity index (χ3v) is 22.3. The molecular formula is C31H28Cl2SiZr. The van der Waals surface area contributed by atoms with Crippen LogP contribution in [0.25, 0.3) is 28.3 Å². The van der Waals surface area contributed by atoms with Gasteiger partial charge in [0.15, 0.2) is 0 Å². The van der Waals surface area contributed by atoms with Crippen molar-refractivity contribution in [2.24, 2.45) is 0 Å². The van der Waals surface area contributed by atoms with Gasteiger partial charge in [-0.25, -0.2) is 0 Å². The van der Waals surface area contributed by atoms with Gasteiger partial charge in [0.25, 0.3) is 0 Å². The third-order valence-electron chi connectivity index (χ3n) is 7.71. The summed E-state index contributed by atoms with van der Waals surface area (Å²) in [6.45, 7) is 8.80. The van der Waals surface area contributed by atoms with Gasteiger partial charge < -0.3 is 0 Å². The average molecular weight is 591 g/mol. The average Bonchev–Trinajstić information content (AvgIpc) is 3.35. The minimum atomic E-state index is -3.87. The van der Waals surface area contributed by atoms with E-state index in [-0.39, 0.29) is 3.63 Å². The monoisotopic (exact) mass is 588 g/mol. The Labute approximate surface area is 222 Å². The second kappa shape index (κ2) is 8.70. The van der Waals surface area contributed by atoms with Crippen LogP contribution in [-0.2, 0) is 17.9 Å². The Morgan fingerprint density at radius 1 is 0.771 bits per heavy atom. The summed E-state index contributed by atoms with van der Waals surface area (Å²) >= 11 is -3.87. The first-order chi connectivity index (χ1) is 16.8. The molecule has 35 heavy (non-hydrogen) atoms. The molecule has 1 atom stereocenters. The summed E-state index contributed by atoms with van der Waals surface area (Å²) in [7, 11) is 14.7. The van der Waals surface area contributed by atoms with Crippen molar-refractivity contribution in [1.29, 1.82) is 0 Å². The van der Waals surface area contributed by atoms with Crippen molar-refractivity contribution < 1.29 is 17.9 Å². The molecule has 6 rings (SSSR count). The molecule has 0 amide bonds. The Bertz CT molecular complexity index is 1530. The number of rotatable bonds is 3. The molecule has 4 heteroatoms. The second-order valence-electron chi connectivity index (χ2n) is 10.2. The first-order valence-electron chi connectivity index (χ1n) is 12.2. The van der Waals surface area contributed by atoms with E-state index in [9.17, 15) is 0 Å². The maximum atomic E-state index is 7.66. The van der Waals surface area contributed by atoms with Gasteiger partial charge in [-0.05, 0) is 0 Å². The van der Waals surface area contributed by atoms with Gasteiger partial charge in [0, 0.05) is 0 Å². The van der Waals surface area contributed by atoms with E-state index < -0.39 is 27.4 Å². The van der Waals surface area contributed by atoms with E-state index in [1.165, 1.54) is 69.3 Å². The van der Waals surface area contributed by atoms with Crippen LogP contribution in [0, 0.1) is 20.8 Å². The summed E-state index contributed by atoms with van der Waals surface area (Å²) < 4.78 is 1.42. The molecule has 0 nitrogen and oxygen atoms in total. The van der Waals surface area contributed by atoms with Crippen molar-refractivity contribution >= 4 is 46.3 Å². The summed E-state index contributed by atoms with van der Waals surface area (Å²) in [4.78, 5) is 0. The van der Waals surface area contributed by atoms with E-state index in [1.54, 1.807) is 0 Å². The predicted molar refractivity (Wildman–Crippen MR) is 154 cm³/mol. The molecule has 4 aromatic rings. The van der Waals surface area contributed by atoms with Crippen LogP contribution in [0.15, 0.2) is 78.4 Å². The summed E-state index contributed by atoms with van der Waals surface area (Å²) in [6.07, 6.45) is 2.37. The number of halogens is 2. The predicted octanol–water partition coefficient (Wildman–Crippen LogP) is 6.62. The number of allylic oxidation sites excluding steroid dienone is 1. The standard InChI is InChI=1S/C19H19.C12H9Si.2ClH.Zr/c1-12-7-13(2)10-17(9-12)19-15(4)5-6-16-8-14(3)11-18(16)19;1-3-7-11-9(5-1)10-6-2-4-8-12(10)13-11;;;/h5-11H,1-4H3;1-7H,13H2;2*1H;/q;;;;+2/p-2. The summed E-state index contributed by atoms with van der Waals surface area (Å²) in [6, 6.07) is 26.9. The fourth-order valence-electron chi connectivity index (χ4n) is 6.32. The van der Waals surface area contributed by atoms with Gasteiger partial charge >= 0.3 is 224 Å². The fourth-order valence-corrected chi connectivity index (χ4v) is 23.5. The van der Waals surface area contributed by atoms with E-state index in [0.29, 0.717) is 0 Å². The van der Waals surface area contributed by atoms with Gasteiger partial charge in [0.2, 0.25) is 0 Å². The van der Waals surface area contributed by atoms with Crippen LogP contribution in [0.4, 0.5) is 0 Å². The molecule has 0 spiro atoms. The third kappa shape index (κ3) is 3.80. The minimum absolute atomic E-state index is 0.122. The van der Waals surface area contributed by atoms with E-state index in [2.05, 4.69) is 107 Å². The molecule has 0 aromatic heterocycles. The second-order valence-corrected chi connectivity index (χ2v) is 26.1. The topological polar surface area (TPSA) is 0 Å². The van der Waals surface area contributed by atoms with Gasteiger partial charge in [-0.15, -0.1) is 0 Å². The van der Waals surface area contributed by atoms with Gasteiger partial charge in [-0.1, -0.05) is 0 Å². The number of aryl methyl sites for hydroxylation is 3. The SMILES string of the molecule is CC1=Cc2c(ccc(C)c2-c2cc(C)cc(C)c2)[CH]1[Zr]([Cl])([Cl])[c]1cccc2c1[SiH2]c1ccccc1-2. The Morgan fingerprint density at radius 2 is 1.49 bits per heavy atom.